The summed E-state index contributed by atoms with van der Waals surface area (Å²) in [5.41, 5.74) is 0. The van der Waals surface area contributed by atoms with Gasteiger partial charge >= 0.3 is 0 Å². The van der Waals surface area contributed by atoms with E-state index in [1.54, 1.807) is 0 Å². The van der Waals surface area contributed by atoms with E-state index in [-0.39, 0.29) is 0 Å². The van der Waals surface area contributed by atoms with Gasteiger partial charge in [-0.2, -0.15) is 0 Å². The summed E-state index contributed by atoms with van der Waals surface area (Å²) in [4.78, 5) is 11.9. The fourth-order valence-corrected chi connectivity index (χ4v) is 3.06. The number of hydrogen-bond acceptors (Lipinski definition) is 1. The Hall–Kier alpha value is -0.530. The number of amides is 1. The summed E-state index contributed by atoms with van der Waals surface area (Å²) in [6, 6.07) is 0.342. The average molecular weight is 209 g/mol. The van der Waals surface area contributed by atoms with Crippen LogP contribution in [-0.4, -0.2) is 11.9 Å². The van der Waals surface area contributed by atoms with Gasteiger partial charge in [0.25, 0.3) is 0 Å². The largest absolute Gasteiger partial charge is 0.353 e. The first-order valence-corrected chi connectivity index (χ1v) is 6.36. The predicted octanol–water partition coefficient (Wildman–Crippen LogP) is 2.58. The van der Waals surface area contributed by atoms with Crippen LogP contribution >= 0.6 is 0 Å². The Morgan fingerprint density at radius 1 is 1.20 bits per heavy atom. The van der Waals surface area contributed by atoms with Gasteiger partial charge in [0.15, 0.2) is 0 Å². The third-order valence-corrected chi connectivity index (χ3v) is 3.83. The predicted molar refractivity (Wildman–Crippen MR) is 61.4 cm³/mol. The Labute approximate surface area is 92.8 Å². The molecule has 2 nitrogen and oxygen atoms in total. The Balaban J connectivity index is 1.72. The molecule has 0 radical (unpaired) electrons. The van der Waals surface area contributed by atoms with E-state index in [1.165, 1.54) is 6.42 Å². The molecule has 0 saturated heterocycles. The fourth-order valence-electron chi connectivity index (χ4n) is 3.06. The lowest BCUT2D eigenvalue weighted by atomic mass is 10.0. The second kappa shape index (κ2) is 4.15. The van der Waals surface area contributed by atoms with Crippen LogP contribution in [0.1, 0.15) is 46.5 Å². The normalized spacial score (nSPS) is 35.1. The maximum atomic E-state index is 11.9. The van der Waals surface area contributed by atoms with E-state index in [0.29, 0.717) is 23.8 Å². The molecule has 2 fully saturated rings. The molecular weight excluding hydrogens is 186 g/mol. The molecular formula is C13H23NO. The van der Waals surface area contributed by atoms with Gasteiger partial charge < -0.3 is 5.32 Å². The molecule has 3 unspecified atom stereocenters. The number of carbonyl (C=O) groups excluding carboxylic acids is 1. The zero-order valence-electron chi connectivity index (χ0n) is 10.1. The van der Waals surface area contributed by atoms with Gasteiger partial charge in [-0.15, -0.1) is 0 Å². The monoisotopic (exact) mass is 209 g/mol. The highest BCUT2D eigenvalue weighted by Crippen LogP contribution is 2.54. The molecule has 0 aliphatic heterocycles. The van der Waals surface area contributed by atoms with Crippen LogP contribution in [0.4, 0.5) is 0 Å². The molecule has 2 aliphatic rings. The first-order chi connectivity index (χ1) is 7.06. The van der Waals surface area contributed by atoms with E-state index in [1.807, 2.05) is 0 Å². The van der Waals surface area contributed by atoms with Gasteiger partial charge in [-0.3, -0.25) is 4.79 Å². The highest BCUT2D eigenvalue weighted by atomic mass is 16.1. The van der Waals surface area contributed by atoms with Crippen LogP contribution < -0.4 is 5.32 Å². The average Bonchev–Trinajstić information content (AvgIpc) is 2.71. The number of hydrogen-bond donors (Lipinski definition) is 1. The topological polar surface area (TPSA) is 29.1 Å². The first kappa shape index (κ1) is 11.0. The molecule has 0 bridgehead atoms. The zero-order valence-corrected chi connectivity index (χ0v) is 10.1. The van der Waals surface area contributed by atoms with Gasteiger partial charge in [-0.25, -0.2) is 0 Å². The van der Waals surface area contributed by atoms with Crippen molar-refractivity contribution in [2.45, 2.75) is 52.5 Å². The van der Waals surface area contributed by atoms with Crippen molar-refractivity contribution in [2.75, 3.05) is 0 Å². The molecule has 86 valence electrons. The van der Waals surface area contributed by atoms with Crippen molar-refractivity contribution in [1.82, 2.24) is 5.32 Å². The van der Waals surface area contributed by atoms with Gasteiger partial charge in [-0.1, -0.05) is 13.8 Å². The maximum Gasteiger partial charge on any atom is 0.223 e. The summed E-state index contributed by atoms with van der Waals surface area (Å²) >= 11 is 0. The molecule has 1 N–H and O–H groups in total. The quantitative estimate of drug-likeness (QED) is 0.757. The minimum absolute atomic E-state index is 0.315. The lowest BCUT2D eigenvalue weighted by Gasteiger charge is -2.19. The van der Waals surface area contributed by atoms with Crippen molar-refractivity contribution >= 4 is 5.91 Å². The summed E-state index contributed by atoms with van der Waals surface area (Å²) in [7, 11) is 0. The van der Waals surface area contributed by atoms with Crippen molar-refractivity contribution in [1.29, 1.82) is 0 Å². The second-order valence-corrected chi connectivity index (χ2v) is 5.96. The van der Waals surface area contributed by atoms with Crippen molar-refractivity contribution in [3.63, 3.8) is 0 Å². The summed E-state index contributed by atoms with van der Waals surface area (Å²) in [5, 5.41) is 3.16. The Bertz CT molecular complexity index is 239. The van der Waals surface area contributed by atoms with Crippen LogP contribution in [0.15, 0.2) is 0 Å². The number of nitrogens with one attached hydrogen (secondary N) is 1. The summed E-state index contributed by atoms with van der Waals surface area (Å²) in [6.45, 7) is 6.52. The molecule has 0 heterocycles. The van der Waals surface area contributed by atoms with Gasteiger partial charge in [0.05, 0.1) is 0 Å². The second-order valence-electron chi connectivity index (χ2n) is 5.96. The zero-order chi connectivity index (χ0) is 11.0. The molecule has 15 heavy (non-hydrogen) atoms. The highest BCUT2D eigenvalue weighted by molar-refractivity contribution is 5.79. The third-order valence-electron chi connectivity index (χ3n) is 3.83. The summed E-state index contributed by atoms with van der Waals surface area (Å²) in [6.07, 6.45) is 4.80. The van der Waals surface area contributed by atoms with Crippen LogP contribution in [0.5, 0.6) is 0 Å². The van der Waals surface area contributed by atoms with E-state index >= 15 is 0 Å². The van der Waals surface area contributed by atoms with E-state index in [0.717, 1.165) is 31.1 Å². The molecule has 2 rings (SSSR count). The third kappa shape index (κ3) is 2.73. The lowest BCUT2D eigenvalue weighted by Crippen LogP contribution is -2.37. The Morgan fingerprint density at radius 2 is 1.80 bits per heavy atom. The number of carbonyl (C=O) groups is 1. The van der Waals surface area contributed by atoms with E-state index in [2.05, 4.69) is 26.1 Å². The maximum absolute atomic E-state index is 11.9. The summed E-state index contributed by atoms with van der Waals surface area (Å²) in [5.74, 6) is 3.12. The van der Waals surface area contributed by atoms with Gasteiger partial charge in [-0.05, 0) is 50.4 Å². The van der Waals surface area contributed by atoms with Crippen molar-refractivity contribution in [3.05, 3.63) is 0 Å². The smallest absolute Gasteiger partial charge is 0.223 e. The van der Waals surface area contributed by atoms with Crippen LogP contribution in [0.3, 0.4) is 0 Å². The van der Waals surface area contributed by atoms with Crippen LogP contribution in [0, 0.1) is 23.7 Å². The van der Waals surface area contributed by atoms with Crippen LogP contribution in [0.25, 0.3) is 0 Å². The molecule has 0 aromatic heterocycles. The number of fused-ring (bicyclic) bond motifs is 1. The van der Waals surface area contributed by atoms with Gasteiger partial charge in [0.2, 0.25) is 5.91 Å². The molecule has 3 atom stereocenters. The van der Waals surface area contributed by atoms with E-state index < -0.39 is 0 Å². The molecule has 2 saturated carbocycles. The Kier molecular flexibility index (Phi) is 3.03. The van der Waals surface area contributed by atoms with Gasteiger partial charge in [0, 0.05) is 12.0 Å². The first-order valence-electron chi connectivity index (χ1n) is 6.36. The van der Waals surface area contributed by atoms with Crippen LogP contribution in [-0.2, 0) is 4.79 Å². The minimum atomic E-state index is 0.315. The van der Waals surface area contributed by atoms with Crippen molar-refractivity contribution < 1.29 is 4.79 Å². The molecule has 0 spiro atoms. The van der Waals surface area contributed by atoms with Crippen molar-refractivity contribution in [3.8, 4) is 0 Å². The number of rotatable bonds is 4. The Morgan fingerprint density at radius 3 is 2.33 bits per heavy atom. The van der Waals surface area contributed by atoms with Crippen molar-refractivity contribution in [2.24, 2.45) is 23.7 Å². The molecule has 0 aromatic carbocycles. The standard InChI is InChI=1S/C13H23NO/c1-8(2)4-9(3)14-13(15)12-6-10-5-11(10)7-12/h8-12H,4-7H2,1-3H3,(H,14,15). The molecule has 2 heteroatoms. The van der Waals surface area contributed by atoms with Crippen LogP contribution in [0.2, 0.25) is 0 Å². The lowest BCUT2D eigenvalue weighted by molar-refractivity contribution is -0.125. The summed E-state index contributed by atoms with van der Waals surface area (Å²) < 4.78 is 0. The minimum Gasteiger partial charge on any atom is -0.353 e. The molecule has 1 amide bonds. The fraction of sp³-hybridized carbons (Fsp3) is 0.923. The highest BCUT2D eigenvalue weighted by Gasteiger charge is 2.48. The van der Waals surface area contributed by atoms with Gasteiger partial charge in [0.1, 0.15) is 0 Å². The molecule has 2 aliphatic carbocycles. The molecule has 0 aromatic rings. The SMILES string of the molecule is CC(C)CC(C)NC(=O)C1CC2CC2C1. The van der Waals surface area contributed by atoms with E-state index in [4.69, 9.17) is 0 Å². The van der Waals surface area contributed by atoms with E-state index in [9.17, 15) is 4.79 Å².